The number of fused-ring (bicyclic) bond motifs is 1. The zero-order valence-corrected chi connectivity index (χ0v) is 12.5. The average Bonchev–Trinajstić information content (AvgIpc) is 2.94. The first-order valence-corrected chi connectivity index (χ1v) is 8.29. The molecule has 18 heavy (non-hydrogen) atoms. The van der Waals surface area contributed by atoms with E-state index in [1.807, 2.05) is 0 Å². The summed E-state index contributed by atoms with van der Waals surface area (Å²) in [6.07, 6.45) is 9.81. The quantitative estimate of drug-likeness (QED) is 0.713. The standard InChI is InChI=1S/C16H32N2/c1-3-10-17-16(4-2)9-6-11-18-12-14-7-5-8-15(14)13-18/h14-17H,3-13H2,1-2H3. The molecule has 0 radical (unpaired) electrons. The fourth-order valence-corrected chi connectivity index (χ4v) is 3.88. The van der Waals surface area contributed by atoms with Crippen molar-refractivity contribution in [2.24, 2.45) is 11.8 Å². The van der Waals surface area contributed by atoms with Crippen molar-refractivity contribution in [1.82, 2.24) is 10.2 Å². The first kappa shape index (κ1) is 14.3. The van der Waals surface area contributed by atoms with Crippen molar-refractivity contribution in [3.8, 4) is 0 Å². The zero-order chi connectivity index (χ0) is 12.8. The number of nitrogens with zero attached hydrogens (tertiary/aromatic N) is 1. The smallest absolute Gasteiger partial charge is 0.00649 e. The van der Waals surface area contributed by atoms with Gasteiger partial charge < -0.3 is 10.2 Å². The summed E-state index contributed by atoms with van der Waals surface area (Å²) in [6, 6.07) is 0.757. The lowest BCUT2D eigenvalue weighted by molar-refractivity contribution is 0.294. The summed E-state index contributed by atoms with van der Waals surface area (Å²) < 4.78 is 0. The normalized spacial score (nSPS) is 29.7. The molecule has 2 nitrogen and oxygen atoms in total. The van der Waals surface area contributed by atoms with Gasteiger partial charge >= 0.3 is 0 Å². The van der Waals surface area contributed by atoms with Gasteiger partial charge in [0.05, 0.1) is 0 Å². The van der Waals surface area contributed by atoms with Gasteiger partial charge in [-0.2, -0.15) is 0 Å². The molecular formula is C16H32N2. The Morgan fingerprint density at radius 3 is 2.50 bits per heavy atom. The van der Waals surface area contributed by atoms with E-state index in [4.69, 9.17) is 0 Å². The summed E-state index contributed by atoms with van der Waals surface area (Å²) in [4.78, 5) is 2.74. The van der Waals surface area contributed by atoms with E-state index in [1.54, 1.807) is 0 Å². The molecule has 1 heterocycles. The highest BCUT2D eigenvalue weighted by atomic mass is 15.2. The van der Waals surface area contributed by atoms with Crippen LogP contribution >= 0.6 is 0 Å². The van der Waals surface area contributed by atoms with Crippen molar-refractivity contribution < 1.29 is 0 Å². The second kappa shape index (κ2) is 7.49. The third kappa shape index (κ3) is 3.96. The van der Waals surface area contributed by atoms with E-state index < -0.39 is 0 Å². The molecule has 0 spiro atoms. The molecule has 2 rings (SSSR count). The lowest BCUT2D eigenvalue weighted by Gasteiger charge is -2.20. The fraction of sp³-hybridized carbons (Fsp3) is 1.00. The van der Waals surface area contributed by atoms with Crippen LogP contribution in [0.15, 0.2) is 0 Å². The predicted molar refractivity (Wildman–Crippen MR) is 78.9 cm³/mol. The minimum Gasteiger partial charge on any atom is -0.314 e. The Morgan fingerprint density at radius 1 is 1.17 bits per heavy atom. The van der Waals surface area contributed by atoms with Crippen LogP contribution in [-0.4, -0.2) is 37.1 Å². The van der Waals surface area contributed by atoms with Crippen LogP contribution in [0.3, 0.4) is 0 Å². The van der Waals surface area contributed by atoms with Crippen molar-refractivity contribution >= 4 is 0 Å². The van der Waals surface area contributed by atoms with Crippen molar-refractivity contribution in [3.63, 3.8) is 0 Å². The maximum Gasteiger partial charge on any atom is 0.00649 e. The van der Waals surface area contributed by atoms with E-state index in [0.717, 1.165) is 17.9 Å². The summed E-state index contributed by atoms with van der Waals surface area (Å²) in [5.41, 5.74) is 0. The average molecular weight is 252 g/mol. The van der Waals surface area contributed by atoms with Crippen molar-refractivity contribution in [3.05, 3.63) is 0 Å². The van der Waals surface area contributed by atoms with Crippen LogP contribution in [0, 0.1) is 11.8 Å². The third-order valence-electron chi connectivity index (χ3n) is 5.00. The number of hydrogen-bond donors (Lipinski definition) is 1. The van der Waals surface area contributed by atoms with E-state index in [2.05, 4.69) is 24.1 Å². The zero-order valence-electron chi connectivity index (χ0n) is 12.5. The van der Waals surface area contributed by atoms with E-state index in [0.29, 0.717) is 0 Å². The Morgan fingerprint density at radius 2 is 1.89 bits per heavy atom. The van der Waals surface area contributed by atoms with Crippen LogP contribution in [0.5, 0.6) is 0 Å². The fourth-order valence-electron chi connectivity index (χ4n) is 3.88. The summed E-state index contributed by atoms with van der Waals surface area (Å²) in [7, 11) is 0. The molecule has 1 aliphatic carbocycles. The van der Waals surface area contributed by atoms with Gasteiger partial charge in [0.15, 0.2) is 0 Å². The number of likely N-dealkylation sites (tertiary alicyclic amines) is 1. The molecule has 0 amide bonds. The Kier molecular flexibility index (Phi) is 5.97. The first-order chi connectivity index (χ1) is 8.83. The molecule has 2 aliphatic rings. The SMILES string of the molecule is CCCNC(CC)CCCN1CC2CCCC2C1. The largest absolute Gasteiger partial charge is 0.314 e. The maximum absolute atomic E-state index is 3.67. The molecular weight excluding hydrogens is 220 g/mol. The van der Waals surface area contributed by atoms with E-state index in [1.165, 1.54) is 71.1 Å². The van der Waals surface area contributed by atoms with Crippen molar-refractivity contribution in [1.29, 1.82) is 0 Å². The lowest BCUT2D eigenvalue weighted by Crippen LogP contribution is -2.30. The van der Waals surface area contributed by atoms with Crippen LogP contribution < -0.4 is 5.32 Å². The van der Waals surface area contributed by atoms with Crippen molar-refractivity contribution in [2.75, 3.05) is 26.2 Å². The van der Waals surface area contributed by atoms with Crippen LogP contribution in [0.25, 0.3) is 0 Å². The molecule has 3 unspecified atom stereocenters. The Labute approximate surface area is 114 Å². The van der Waals surface area contributed by atoms with Crippen LogP contribution in [-0.2, 0) is 0 Å². The van der Waals surface area contributed by atoms with Gasteiger partial charge in [-0.05, 0) is 63.5 Å². The minimum atomic E-state index is 0.757. The van der Waals surface area contributed by atoms with E-state index in [9.17, 15) is 0 Å². The van der Waals surface area contributed by atoms with E-state index >= 15 is 0 Å². The lowest BCUT2D eigenvalue weighted by atomic mass is 10.0. The van der Waals surface area contributed by atoms with Crippen LogP contribution in [0.1, 0.15) is 58.8 Å². The van der Waals surface area contributed by atoms with Gasteiger partial charge in [-0.3, -0.25) is 0 Å². The number of hydrogen-bond acceptors (Lipinski definition) is 2. The maximum atomic E-state index is 3.67. The van der Waals surface area contributed by atoms with Gasteiger partial charge in [-0.15, -0.1) is 0 Å². The molecule has 0 bridgehead atoms. The summed E-state index contributed by atoms with van der Waals surface area (Å²) >= 11 is 0. The molecule has 1 saturated carbocycles. The highest BCUT2D eigenvalue weighted by Gasteiger charge is 2.35. The van der Waals surface area contributed by atoms with Gasteiger partial charge in [-0.1, -0.05) is 20.3 Å². The molecule has 2 fully saturated rings. The van der Waals surface area contributed by atoms with Gasteiger partial charge in [0.1, 0.15) is 0 Å². The van der Waals surface area contributed by atoms with Crippen LogP contribution in [0.2, 0.25) is 0 Å². The molecule has 1 aliphatic heterocycles. The third-order valence-corrected chi connectivity index (χ3v) is 5.00. The molecule has 0 aromatic rings. The second-order valence-electron chi connectivity index (χ2n) is 6.41. The highest BCUT2D eigenvalue weighted by Crippen LogP contribution is 2.37. The van der Waals surface area contributed by atoms with Crippen LogP contribution in [0.4, 0.5) is 0 Å². The summed E-state index contributed by atoms with van der Waals surface area (Å²) in [5, 5.41) is 3.67. The van der Waals surface area contributed by atoms with E-state index in [-0.39, 0.29) is 0 Å². The van der Waals surface area contributed by atoms with Gasteiger partial charge in [0.2, 0.25) is 0 Å². The van der Waals surface area contributed by atoms with Gasteiger partial charge in [0, 0.05) is 19.1 Å². The Bertz CT molecular complexity index is 217. The highest BCUT2D eigenvalue weighted by molar-refractivity contribution is 4.88. The predicted octanol–water partition coefficient (Wildman–Crippen LogP) is 3.28. The first-order valence-electron chi connectivity index (χ1n) is 8.29. The molecule has 0 aromatic carbocycles. The molecule has 2 heteroatoms. The van der Waals surface area contributed by atoms with Gasteiger partial charge in [-0.25, -0.2) is 0 Å². The molecule has 106 valence electrons. The molecule has 1 saturated heterocycles. The summed E-state index contributed by atoms with van der Waals surface area (Å²) in [6.45, 7) is 9.91. The Balaban J connectivity index is 1.57. The minimum absolute atomic E-state index is 0.757. The molecule has 1 N–H and O–H groups in total. The molecule has 3 atom stereocenters. The number of nitrogens with one attached hydrogen (secondary N) is 1. The monoisotopic (exact) mass is 252 g/mol. The summed E-state index contributed by atoms with van der Waals surface area (Å²) in [5.74, 6) is 2.12. The second-order valence-corrected chi connectivity index (χ2v) is 6.41. The Hall–Kier alpha value is -0.0800. The van der Waals surface area contributed by atoms with Crippen molar-refractivity contribution in [2.45, 2.75) is 64.8 Å². The molecule has 0 aromatic heterocycles. The number of rotatable bonds is 8. The van der Waals surface area contributed by atoms with Gasteiger partial charge in [0.25, 0.3) is 0 Å². The topological polar surface area (TPSA) is 15.3 Å².